The maximum atomic E-state index is 13.0. The molecule has 0 aromatic carbocycles. The van der Waals surface area contributed by atoms with Crippen molar-refractivity contribution < 1.29 is 4.74 Å². The maximum absolute atomic E-state index is 13.0. The highest BCUT2D eigenvalue weighted by molar-refractivity contribution is 7.98. The minimum absolute atomic E-state index is 0.0932. The third-order valence-corrected chi connectivity index (χ3v) is 7.74. The van der Waals surface area contributed by atoms with Gasteiger partial charge in [-0.25, -0.2) is 0 Å². The molecule has 2 heterocycles. The standard InChI is InChI=1S/C23H34N2O2S/c1-3-4-17-6-10-19(11-7-17)27-15-22-21(24-28-20-12-13-20)14-9-18-8-5-16(2)23(26)25(18)22/h3-5,8,17,19-22,24H,6-7,9-15H2,1-2H3/b4-3-. The molecule has 1 aromatic heterocycles. The Labute approximate surface area is 173 Å². The van der Waals surface area contributed by atoms with Crippen LogP contribution in [0.25, 0.3) is 0 Å². The van der Waals surface area contributed by atoms with Crippen molar-refractivity contribution in [1.82, 2.24) is 9.29 Å². The van der Waals surface area contributed by atoms with E-state index in [2.05, 4.69) is 29.9 Å². The number of allylic oxidation sites excluding steroid dienone is 2. The molecule has 0 amide bonds. The molecule has 0 radical (unpaired) electrons. The second-order valence-corrected chi connectivity index (χ2v) is 9.86. The average molecular weight is 403 g/mol. The van der Waals surface area contributed by atoms with E-state index in [-0.39, 0.29) is 11.6 Å². The Balaban J connectivity index is 1.45. The molecular weight excluding hydrogens is 368 g/mol. The summed E-state index contributed by atoms with van der Waals surface area (Å²) in [5.41, 5.74) is 2.15. The molecule has 2 unspecified atom stereocenters. The molecule has 4 nitrogen and oxygen atoms in total. The first kappa shape index (κ1) is 20.2. The lowest BCUT2D eigenvalue weighted by atomic mass is 9.87. The van der Waals surface area contributed by atoms with Crippen LogP contribution in [-0.2, 0) is 11.2 Å². The molecule has 0 bridgehead atoms. The lowest BCUT2D eigenvalue weighted by molar-refractivity contribution is -0.00339. The van der Waals surface area contributed by atoms with Crippen molar-refractivity contribution in [3.05, 3.63) is 45.9 Å². The zero-order valence-electron chi connectivity index (χ0n) is 17.2. The van der Waals surface area contributed by atoms with E-state index < -0.39 is 0 Å². The molecule has 1 N–H and O–H groups in total. The summed E-state index contributed by atoms with van der Waals surface area (Å²) >= 11 is 1.88. The first-order valence-corrected chi connectivity index (χ1v) is 11.9. The van der Waals surface area contributed by atoms with Crippen LogP contribution in [-0.4, -0.2) is 28.6 Å². The lowest BCUT2D eigenvalue weighted by Crippen LogP contribution is -2.46. The van der Waals surface area contributed by atoms with Gasteiger partial charge in [0.25, 0.3) is 5.56 Å². The van der Waals surface area contributed by atoms with E-state index in [1.54, 1.807) is 0 Å². The molecule has 5 heteroatoms. The number of nitrogens with zero attached hydrogens (tertiary/aromatic N) is 1. The van der Waals surface area contributed by atoms with E-state index in [9.17, 15) is 4.79 Å². The van der Waals surface area contributed by atoms with Crippen molar-refractivity contribution in [2.24, 2.45) is 5.92 Å². The SMILES string of the molecule is C/C=C\C1CCC(OCC2C(NSC3CC3)CCc3ccc(C)c(=O)n32)CC1. The molecule has 28 heavy (non-hydrogen) atoms. The number of pyridine rings is 1. The molecule has 0 spiro atoms. The molecule has 3 aliphatic rings. The van der Waals surface area contributed by atoms with Crippen molar-refractivity contribution in [1.29, 1.82) is 0 Å². The third kappa shape index (κ3) is 4.74. The molecule has 2 aliphatic carbocycles. The fraction of sp³-hybridized carbons (Fsp3) is 0.696. The van der Waals surface area contributed by atoms with Crippen LogP contribution < -0.4 is 10.3 Å². The summed E-state index contributed by atoms with van der Waals surface area (Å²) in [5.74, 6) is 0.717. The number of aryl methyl sites for hydroxylation is 2. The molecule has 1 aliphatic heterocycles. The second-order valence-electron chi connectivity index (χ2n) is 8.73. The molecule has 4 rings (SSSR count). The van der Waals surface area contributed by atoms with Gasteiger partial charge in [0.05, 0.1) is 18.8 Å². The van der Waals surface area contributed by atoms with Gasteiger partial charge in [-0.15, -0.1) is 0 Å². The Hall–Kier alpha value is -1.04. The van der Waals surface area contributed by atoms with Gasteiger partial charge in [-0.05, 0) is 77.2 Å². The third-order valence-electron chi connectivity index (χ3n) is 6.50. The minimum Gasteiger partial charge on any atom is -0.376 e. The Morgan fingerprint density at radius 2 is 1.96 bits per heavy atom. The first-order valence-electron chi connectivity index (χ1n) is 11.0. The van der Waals surface area contributed by atoms with E-state index in [1.165, 1.54) is 25.7 Å². The summed E-state index contributed by atoms with van der Waals surface area (Å²) in [6.07, 6.45) is 14.2. The van der Waals surface area contributed by atoms with Crippen LogP contribution in [0.2, 0.25) is 0 Å². The van der Waals surface area contributed by atoms with Crippen LogP contribution in [0.3, 0.4) is 0 Å². The zero-order chi connectivity index (χ0) is 19.5. The minimum atomic E-state index is 0.0932. The Morgan fingerprint density at radius 1 is 1.18 bits per heavy atom. The molecule has 2 fully saturated rings. The summed E-state index contributed by atoms with van der Waals surface area (Å²) in [4.78, 5) is 13.0. The van der Waals surface area contributed by atoms with Gasteiger partial charge in [0.1, 0.15) is 0 Å². The Kier molecular flexibility index (Phi) is 6.64. The number of hydrogen-bond acceptors (Lipinski definition) is 4. The maximum Gasteiger partial charge on any atom is 0.254 e. The highest BCUT2D eigenvalue weighted by Crippen LogP contribution is 2.35. The lowest BCUT2D eigenvalue weighted by Gasteiger charge is -2.37. The highest BCUT2D eigenvalue weighted by Gasteiger charge is 2.33. The predicted octanol–water partition coefficient (Wildman–Crippen LogP) is 4.56. The van der Waals surface area contributed by atoms with E-state index >= 15 is 0 Å². The number of fused-ring (bicyclic) bond motifs is 1. The molecule has 2 atom stereocenters. The van der Waals surface area contributed by atoms with Crippen LogP contribution in [0.4, 0.5) is 0 Å². The number of aromatic nitrogens is 1. The van der Waals surface area contributed by atoms with Gasteiger partial charge in [0.2, 0.25) is 0 Å². The molecule has 154 valence electrons. The van der Waals surface area contributed by atoms with Gasteiger partial charge in [0.15, 0.2) is 0 Å². The van der Waals surface area contributed by atoms with Gasteiger partial charge < -0.3 is 9.30 Å². The number of nitrogens with one attached hydrogen (secondary N) is 1. The summed E-state index contributed by atoms with van der Waals surface area (Å²) in [7, 11) is 0. The van der Waals surface area contributed by atoms with Crippen LogP contribution >= 0.6 is 11.9 Å². The molecular formula is C23H34N2O2S. The monoisotopic (exact) mass is 402 g/mol. The van der Waals surface area contributed by atoms with E-state index in [0.29, 0.717) is 18.8 Å². The largest absolute Gasteiger partial charge is 0.376 e. The van der Waals surface area contributed by atoms with Crippen LogP contribution in [0, 0.1) is 12.8 Å². The summed E-state index contributed by atoms with van der Waals surface area (Å²) < 4.78 is 12.2. The topological polar surface area (TPSA) is 43.3 Å². The number of hydrogen-bond donors (Lipinski definition) is 1. The highest BCUT2D eigenvalue weighted by atomic mass is 32.2. The van der Waals surface area contributed by atoms with Crippen molar-refractivity contribution in [2.45, 2.75) is 88.7 Å². The van der Waals surface area contributed by atoms with E-state index in [0.717, 1.165) is 48.1 Å². The zero-order valence-corrected chi connectivity index (χ0v) is 18.0. The van der Waals surface area contributed by atoms with Crippen molar-refractivity contribution in [3.63, 3.8) is 0 Å². The van der Waals surface area contributed by atoms with Crippen molar-refractivity contribution >= 4 is 11.9 Å². The van der Waals surface area contributed by atoms with Gasteiger partial charge in [0, 0.05) is 22.5 Å². The molecule has 2 saturated carbocycles. The summed E-state index contributed by atoms with van der Waals surface area (Å²) in [6.45, 7) is 4.67. The molecule has 0 saturated heterocycles. The number of ether oxygens (including phenoxy) is 1. The van der Waals surface area contributed by atoms with Crippen molar-refractivity contribution in [3.8, 4) is 0 Å². The fourth-order valence-corrected chi connectivity index (χ4v) is 5.60. The average Bonchev–Trinajstić information content (AvgIpc) is 3.53. The smallest absolute Gasteiger partial charge is 0.254 e. The van der Waals surface area contributed by atoms with Crippen LogP contribution in [0.15, 0.2) is 29.1 Å². The van der Waals surface area contributed by atoms with Crippen LogP contribution in [0.1, 0.15) is 69.2 Å². The fourth-order valence-electron chi connectivity index (χ4n) is 4.59. The Bertz CT molecular complexity index is 747. The second kappa shape index (κ2) is 9.19. The van der Waals surface area contributed by atoms with Crippen LogP contribution in [0.5, 0.6) is 0 Å². The normalized spacial score (nSPS) is 30.5. The predicted molar refractivity (Wildman–Crippen MR) is 117 cm³/mol. The molecule has 1 aromatic rings. The van der Waals surface area contributed by atoms with Gasteiger partial charge in [-0.1, -0.05) is 30.2 Å². The van der Waals surface area contributed by atoms with Crippen molar-refractivity contribution in [2.75, 3.05) is 6.61 Å². The van der Waals surface area contributed by atoms with Gasteiger partial charge in [-0.3, -0.25) is 9.52 Å². The van der Waals surface area contributed by atoms with E-state index in [4.69, 9.17) is 4.74 Å². The van der Waals surface area contributed by atoms with Gasteiger partial charge in [-0.2, -0.15) is 0 Å². The number of rotatable bonds is 7. The Morgan fingerprint density at radius 3 is 2.68 bits per heavy atom. The van der Waals surface area contributed by atoms with Gasteiger partial charge >= 0.3 is 0 Å². The summed E-state index contributed by atoms with van der Waals surface area (Å²) in [6, 6.07) is 4.50. The first-order chi connectivity index (χ1) is 13.7. The van der Waals surface area contributed by atoms with E-state index in [1.807, 2.05) is 29.5 Å². The summed E-state index contributed by atoms with van der Waals surface area (Å²) in [5, 5.41) is 0.763. The quantitative estimate of drug-likeness (QED) is 0.536.